The third-order valence-corrected chi connectivity index (χ3v) is 2.47. The molecule has 0 aliphatic carbocycles. The van der Waals surface area contributed by atoms with E-state index < -0.39 is 0 Å². The molecule has 3 heterocycles. The Balaban J connectivity index is 1.95. The van der Waals surface area contributed by atoms with Crippen molar-refractivity contribution in [3.05, 3.63) is 43.4 Å². The fourth-order valence-corrected chi connectivity index (χ4v) is 1.60. The van der Waals surface area contributed by atoms with Gasteiger partial charge in [0.15, 0.2) is 0 Å². The minimum atomic E-state index is 0.794. The first-order valence-electron chi connectivity index (χ1n) is 5.13. The molecular formula is C11H10N6. The van der Waals surface area contributed by atoms with Crippen molar-refractivity contribution in [1.82, 2.24) is 29.5 Å². The van der Waals surface area contributed by atoms with Gasteiger partial charge in [0.2, 0.25) is 0 Å². The van der Waals surface area contributed by atoms with Crippen LogP contribution >= 0.6 is 0 Å². The highest BCUT2D eigenvalue weighted by molar-refractivity contribution is 5.61. The Bertz CT molecular complexity index is 608. The van der Waals surface area contributed by atoms with Crippen molar-refractivity contribution < 1.29 is 0 Å². The molecule has 0 atom stereocenters. The minimum Gasteiger partial charge on any atom is -0.275 e. The monoisotopic (exact) mass is 226 g/mol. The molecule has 3 aromatic rings. The molecule has 0 aliphatic rings. The molecule has 0 N–H and O–H groups in total. The molecule has 0 unspecified atom stereocenters. The van der Waals surface area contributed by atoms with E-state index in [0.29, 0.717) is 0 Å². The maximum absolute atomic E-state index is 4.35. The third kappa shape index (κ3) is 1.80. The summed E-state index contributed by atoms with van der Waals surface area (Å²) in [6.45, 7) is 0. The van der Waals surface area contributed by atoms with Crippen LogP contribution in [0.1, 0.15) is 0 Å². The van der Waals surface area contributed by atoms with E-state index >= 15 is 0 Å². The van der Waals surface area contributed by atoms with E-state index in [4.69, 9.17) is 0 Å². The zero-order chi connectivity index (χ0) is 11.7. The van der Waals surface area contributed by atoms with Crippen LogP contribution in [0.2, 0.25) is 0 Å². The van der Waals surface area contributed by atoms with Crippen LogP contribution in [0.3, 0.4) is 0 Å². The Morgan fingerprint density at radius 1 is 1.00 bits per heavy atom. The lowest BCUT2D eigenvalue weighted by Gasteiger charge is -2.01. The highest BCUT2D eigenvalue weighted by Gasteiger charge is 2.02. The SMILES string of the molecule is Cn1cc(-c2ccc(-n3cnnc3)nc2)cn1. The van der Waals surface area contributed by atoms with Crippen molar-refractivity contribution >= 4 is 0 Å². The van der Waals surface area contributed by atoms with Crippen LogP contribution in [0.5, 0.6) is 0 Å². The fraction of sp³-hybridized carbons (Fsp3) is 0.0909. The van der Waals surface area contributed by atoms with E-state index in [2.05, 4.69) is 20.3 Å². The summed E-state index contributed by atoms with van der Waals surface area (Å²) in [4.78, 5) is 4.35. The lowest BCUT2D eigenvalue weighted by Crippen LogP contribution is -1.93. The normalized spacial score (nSPS) is 10.6. The molecule has 0 bridgehead atoms. The molecule has 0 aromatic carbocycles. The molecule has 0 saturated carbocycles. The number of hydrogen-bond donors (Lipinski definition) is 0. The Hall–Kier alpha value is -2.50. The van der Waals surface area contributed by atoms with Gasteiger partial charge in [-0.25, -0.2) is 4.98 Å². The summed E-state index contributed by atoms with van der Waals surface area (Å²) < 4.78 is 3.52. The highest BCUT2D eigenvalue weighted by atomic mass is 15.3. The van der Waals surface area contributed by atoms with Gasteiger partial charge < -0.3 is 0 Å². The van der Waals surface area contributed by atoms with Gasteiger partial charge in [0.05, 0.1) is 6.20 Å². The standard InChI is InChI=1S/C11H10N6/c1-16-6-10(5-15-16)9-2-3-11(12-4-9)17-7-13-14-8-17/h2-8H,1H3. The molecule has 3 rings (SSSR count). The van der Waals surface area contributed by atoms with Crippen LogP contribution in [-0.2, 0) is 7.05 Å². The predicted octanol–water partition coefficient (Wildman–Crippen LogP) is 1.06. The van der Waals surface area contributed by atoms with Crippen LogP contribution in [0, 0.1) is 0 Å². The van der Waals surface area contributed by atoms with Crippen molar-refractivity contribution in [3.63, 3.8) is 0 Å². The van der Waals surface area contributed by atoms with E-state index in [1.807, 2.05) is 37.8 Å². The lowest BCUT2D eigenvalue weighted by atomic mass is 10.2. The van der Waals surface area contributed by atoms with Crippen LogP contribution in [0.25, 0.3) is 16.9 Å². The largest absolute Gasteiger partial charge is 0.275 e. The zero-order valence-electron chi connectivity index (χ0n) is 9.22. The maximum atomic E-state index is 4.35. The maximum Gasteiger partial charge on any atom is 0.139 e. The van der Waals surface area contributed by atoms with Gasteiger partial charge in [-0.1, -0.05) is 0 Å². The number of nitrogens with zero attached hydrogens (tertiary/aromatic N) is 6. The van der Waals surface area contributed by atoms with Crippen LogP contribution < -0.4 is 0 Å². The van der Waals surface area contributed by atoms with Crippen LogP contribution in [-0.4, -0.2) is 29.5 Å². The summed E-state index contributed by atoms with van der Waals surface area (Å²) >= 11 is 0. The van der Waals surface area contributed by atoms with Crippen molar-refractivity contribution in [2.45, 2.75) is 0 Å². The number of rotatable bonds is 2. The second kappa shape index (κ2) is 3.82. The quantitative estimate of drug-likeness (QED) is 0.655. The van der Waals surface area contributed by atoms with E-state index in [1.165, 1.54) is 0 Å². The smallest absolute Gasteiger partial charge is 0.139 e. The molecule has 6 nitrogen and oxygen atoms in total. The van der Waals surface area contributed by atoms with Gasteiger partial charge in [-0.2, -0.15) is 5.10 Å². The van der Waals surface area contributed by atoms with Gasteiger partial charge in [0, 0.05) is 30.6 Å². The summed E-state index contributed by atoms with van der Waals surface area (Å²) in [5.41, 5.74) is 2.09. The van der Waals surface area contributed by atoms with Gasteiger partial charge in [0.1, 0.15) is 18.5 Å². The number of pyridine rings is 1. The minimum absolute atomic E-state index is 0.794. The predicted molar refractivity (Wildman–Crippen MR) is 61.4 cm³/mol. The summed E-state index contributed by atoms with van der Waals surface area (Å²) in [6, 6.07) is 3.92. The Labute approximate surface area is 97.6 Å². The van der Waals surface area contributed by atoms with Crippen LogP contribution in [0.4, 0.5) is 0 Å². The van der Waals surface area contributed by atoms with E-state index in [-0.39, 0.29) is 0 Å². The Morgan fingerprint density at radius 3 is 2.41 bits per heavy atom. The number of hydrogen-bond acceptors (Lipinski definition) is 4. The van der Waals surface area contributed by atoms with Gasteiger partial charge in [-0.15, -0.1) is 10.2 Å². The average molecular weight is 226 g/mol. The molecule has 0 radical (unpaired) electrons. The second-order valence-electron chi connectivity index (χ2n) is 3.68. The highest BCUT2D eigenvalue weighted by Crippen LogP contribution is 2.17. The molecule has 6 heteroatoms. The molecule has 84 valence electrons. The first kappa shape index (κ1) is 9.71. The molecule has 0 spiro atoms. The average Bonchev–Trinajstić information content (AvgIpc) is 3.00. The summed E-state index contributed by atoms with van der Waals surface area (Å²) in [7, 11) is 1.89. The van der Waals surface area contributed by atoms with Gasteiger partial charge in [-0.05, 0) is 12.1 Å². The zero-order valence-corrected chi connectivity index (χ0v) is 9.22. The molecule has 17 heavy (non-hydrogen) atoms. The summed E-state index contributed by atoms with van der Waals surface area (Å²) in [6.07, 6.45) is 8.81. The molecule has 3 aromatic heterocycles. The number of aromatic nitrogens is 6. The van der Waals surface area contributed by atoms with Crippen molar-refractivity contribution in [2.24, 2.45) is 7.05 Å². The van der Waals surface area contributed by atoms with E-state index in [9.17, 15) is 0 Å². The van der Waals surface area contributed by atoms with Crippen molar-refractivity contribution in [2.75, 3.05) is 0 Å². The van der Waals surface area contributed by atoms with Crippen molar-refractivity contribution in [3.8, 4) is 16.9 Å². The molecule has 0 aliphatic heterocycles. The molecule has 0 saturated heterocycles. The first-order chi connectivity index (χ1) is 8.33. The third-order valence-electron chi connectivity index (χ3n) is 2.47. The molecule has 0 amide bonds. The molecular weight excluding hydrogens is 216 g/mol. The fourth-order valence-electron chi connectivity index (χ4n) is 1.60. The lowest BCUT2D eigenvalue weighted by molar-refractivity contribution is 0.768. The second-order valence-corrected chi connectivity index (χ2v) is 3.68. The van der Waals surface area contributed by atoms with Crippen molar-refractivity contribution in [1.29, 1.82) is 0 Å². The number of aryl methyl sites for hydroxylation is 1. The summed E-state index contributed by atoms with van der Waals surface area (Å²) in [5, 5.41) is 11.6. The van der Waals surface area contributed by atoms with Gasteiger partial charge in [0.25, 0.3) is 0 Å². The Morgan fingerprint density at radius 2 is 1.82 bits per heavy atom. The molecule has 0 fully saturated rings. The van der Waals surface area contributed by atoms with E-state index in [1.54, 1.807) is 21.9 Å². The van der Waals surface area contributed by atoms with Gasteiger partial charge >= 0.3 is 0 Å². The van der Waals surface area contributed by atoms with E-state index in [0.717, 1.165) is 16.9 Å². The topological polar surface area (TPSA) is 61.4 Å². The van der Waals surface area contributed by atoms with Crippen LogP contribution in [0.15, 0.2) is 43.4 Å². The Kier molecular flexibility index (Phi) is 2.18. The van der Waals surface area contributed by atoms with Gasteiger partial charge in [-0.3, -0.25) is 9.25 Å². The summed E-state index contributed by atoms with van der Waals surface area (Å²) in [5.74, 6) is 0.794. The first-order valence-corrected chi connectivity index (χ1v) is 5.13.